The number of benzene rings is 3. The second-order valence-corrected chi connectivity index (χ2v) is 5.77. The van der Waals surface area contributed by atoms with Crippen LogP contribution in [0.3, 0.4) is 0 Å². The molecule has 0 fully saturated rings. The normalized spacial score (nSPS) is 10.2. The highest BCUT2D eigenvalue weighted by molar-refractivity contribution is 5.93. The molecule has 3 aromatic rings. The average molecular weight is 369 g/mol. The first-order valence-electron chi connectivity index (χ1n) is 8.29. The van der Waals surface area contributed by atoms with Crippen molar-refractivity contribution >= 4 is 11.7 Å². The Morgan fingerprint density at radius 3 is 2.04 bits per heavy atom. The van der Waals surface area contributed by atoms with Crippen molar-refractivity contribution in [3.63, 3.8) is 0 Å². The lowest BCUT2D eigenvalue weighted by molar-refractivity contribution is -0.384. The third-order valence-corrected chi connectivity index (χ3v) is 3.84. The standard InChI is InChI=1S/C21H17NO5/c23-21(27-15-17-9-5-2-6-10-17)19-13-18(22(24)25)11-12-20(19)26-14-16-7-3-1-4-8-16/h1-13H,14-15H2/i11+1,12+1,18+1,19+1,20+1,21+1. The Labute approximate surface area is 156 Å². The topological polar surface area (TPSA) is 78.7 Å². The van der Waals surface area contributed by atoms with E-state index in [2.05, 4.69) is 0 Å². The summed E-state index contributed by atoms with van der Waals surface area (Å²) in [6.07, 6.45) is 0. The minimum Gasteiger partial charge on any atom is -0.488 e. The fraction of sp³-hybridized carbons (Fsp3) is 0.0952. The molecule has 0 aliphatic heterocycles. The number of rotatable bonds is 7. The van der Waals surface area contributed by atoms with Gasteiger partial charge in [0, 0.05) is 12.1 Å². The van der Waals surface area contributed by atoms with Crippen molar-refractivity contribution in [1.82, 2.24) is 0 Å². The van der Waals surface area contributed by atoms with Crippen molar-refractivity contribution in [3.05, 3.63) is 106 Å². The molecule has 0 spiro atoms. The minimum absolute atomic E-state index is 0.0241. The maximum atomic E-state index is 12.5. The van der Waals surface area contributed by atoms with Crippen molar-refractivity contribution in [2.75, 3.05) is 0 Å². The van der Waals surface area contributed by atoms with E-state index < -0.39 is 10.9 Å². The molecule has 0 unspecified atom stereocenters. The molecule has 0 N–H and O–H groups in total. The van der Waals surface area contributed by atoms with Gasteiger partial charge in [0.15, 0.2) is 0 Å². The van der Waals surface area contributed by atoms with Crippen LogP contribution in [0.4, 0.5) is 5.69 Å². The number of carbonyl (C=O) groups excluding carboxylic acids is 1. The fourth-order valence-electron chi connectivity index (χ4n) is 2.45. The van der Waals surface area contributed by atoms with Crippen LogP contribution >= 0.6 is 0 Å². The highest BCUT2D eigenvalue weighted by atomic mass is 16.6. The number of ether oxygens (including phenoxy) is 2. The third-order valence-electron chi connectivity index (χ3n) is 3.84. The Morgan fingerprint density at radius 2 is 1.44 bits per heavy atom. The van der Waals surface area contributed by atoms with Gasteiger partial charge < -0.3 is 9.47 Å². The number of nitro groups is 1. The molecule has 0 amide bonds. The lowest BCUT2D eigenvalue weighted by Crippen LogP contribution is -2.09. The van der Waals surface area contributed by atoms with Gasteiger partial charge in [-0.05, 0) is 17.2 Å². The number of esters is 1. The summed E-state index contributed by atoms with van der Waals surface area (Å²) in [7, 11) is 0. The molecule has 0 aromatic heterocycles. The molecule has 27 heavy (non-hydrogen) atoms. The molecular weight excluding hydrogens is 352 g/mol. The highest BCUT2D eigenvalue weighted by Gasteiger charge is 2.19. The summed E-state index contributed by atoms with van der Waals surface area (Å²) in [5.74, 6) is -0.437. The number of hydrogen-bond acceptors (Lipinski definition) is 5. The van der Waals surface area contributed by atoms with Gasteiger partial charge in [0.25, 0.3) is 5.69 Å². The predicted molar refractivity (Wildman–Crippen MR) is 99.4 cm³/mol. The van der Waals surface area contributed by atoms with Gasteiger partial charge in [-0.1, -0.05) is 60.7 Å². The average Bonchev–Trinajstić information content (AvgIpc) is 2.72. The Bertz CT molecular complexity index is 926. The molecule has 0 bridgehead atoms. The van der Waals surface area contributed by atoms with Crippen molar-refractivity contribution in [2.24, 2.45) is 0 Å². The molecule has 3 rings (SSSR count). The van der Waals surface area contributed by atoms with E-state index in [0.29, 0.717) is 0 Å². The first-order valence-corrected chi connectivity index (χ1v) is 8.29. The third kappa shape index (κ3) is 4.92. The van der Waals surface area contributed by atoms with Crippen LogP contribution in [0.25, 0.3) is 0 Å². The van der Waals surface area contributed by atoms with Gasteiger partial charge in [-0.15, -0.1) is 0 Å². The minimum atomic E-state index is -0.675. The largest absolute Gasteiger partial charge is 0.488 e. The molecule has 0 heterocycles. The highest BCUT2D eigenvalue weighted by Crippen LogP contribution is 2.26. The van der Waals surface area contributed by atoms with Crippen molar-refractivity contribution in [2.45, 2.75) is 13.2 Å². The monoisotopic (exact) mass is 369 g/mol. The zero-order valence-electron chi connectivity index (χ0n) is 14.4. The summed E-state index contributed by atoms with van der Waals surface area (Å²) < 4.78 is 11.0. The number of nitrogens with zero attached hydrogens (tertiary/aromatic N) is 1. The number of non-ortho nitro benzene ring substituents is 1. The summed E-state index contributed by atoms with van der Waals surface area (Å²) in [4.78, 5) is 23.0. The molecule has 0 radical (unpaired) electrons. The molecule has 6 nitrogen and oxygen atoms in total. The van der Waals surface area contributed by atoms with Crippen LogP contribution < -0.4 is 4.74 Å². The maximum Gasteiger partial charge on any atom is 0.342 e. The number of hydrogen-bond donors (Lipinski definition) is 0. The Balaban J connectivity index is 1.78. The zero-order valence-corrected chi connectivity index (χ0v) is 14.4. The smallest absolute Gasteiger partial charge is 0.342 e. The molecule has 3 aromatic carbocycles. The zero-order chi connectivity index (χ0) is 19.1. The van der Waals surface area contributed by atoms with Gasteiger partial charge in [-0.2, -0.15) is 0 Å². The van der Waals surface area contributed by atoms with Gasteiger partial charge in [0.1, 0.15) is 24.5 Å². The lowest BCUT2D eigenvalue weighted by atomic mass is 10.2. The quantitative estimate of drug-likeness (QED) is 0.265. The van der Waals surface area contributed by atoms with Gasteiger partial charge in [0.05, 0.1) is 4.92 Å². The van der Waals surface area contributed by atoms with Crippen LogP contribution in [0, 0.1) is 10.1 Å². The van der Waals surface area contributed by atoms with Gasteiger partial charge in [-0.3, -0.25) is 10.1 Å². The van der Waals surface area contributed by atoms with E-state index in [1.54, 1.807) is 0 Å². The first-order chi connectivity index (χ1) is 13.1. The van der Waals surface area contributed by atoms with E-state index in [1.807, 2.05) is 60.7 Å². The Hall–Kier alpha value is -3.67. The number of carbonyl (C=O) groups is 1. The van der Waals surface area contributed by atoms with Crippen molar-refractivity contribution in [1.29, 1.82) is 0 Å². The second kappa shape index (κ2) is 8.62. The summed E-state index contributed by atoms with van der Waals surface area (Å²) in [5.41, 5.74) is 1.56. The molecule has 6 heteroatoms. The van der Waals surface area contributed by atoms with E-state index in [4.69, 9.17) is 9.47 Å². The molecular formula is C21H17NO5. The lowest BCUT2D eigenvalue weighted by Gasteiger charge is -2.11. The first kappa shape index (κ1) is 18.1. The molecule has 0 aliphatic carbocycles. The van der Waals surface area contributed by atoms with Crippen LogP contribution in [0.15, 0.2) is 78.9 Å². The van der Waals surface area contributed by atoms with Crippen LogP contribution in [-0.2, 0) is 18.0 Å². The maximum absolute atomic E-state index is 12.5. The van der Waals surface area contributed by atoms with Crippen molar-refractivity contribution in [3.8, 4) is 5.75 Å². The van der Waals surface area contributed by atoms with Gasteiger partial charge in [-0.25, -0.2) is 4.79 Å². The van der Waals surface area contributed by atoms with E-state index in [-0.39, 0.29) is 30.2 Å². The summed E-state index contributed by atoms with van der Waals surface area (Å²) in [6.45, 7) is 0.304. The molecule has 0 saturated heterocycles. The van der Waals surface area contributed by atoms with E-state index >= 15 is 0 Å². The second-order valence-electron chi connectivity index (χ2n) is 5.77. The summed E-state index contributed by atoms with van der Waals surface area (Å²) >= 11 is 0. The Morgan fingerprint density at radius 1 is 0.852 bits per heavy atom. The Kier molecular flexibility index (Phi) is 5.79. The van der Waals surface area contributed by atoms with Crippen LogP contribution in [-0.4, -0.2) is 10.9 Å². The van der Waals surface area contributed by atoms with Gasteiger partial charge in [0.2, 0.25) is 0 Å². The predicted octanol–water partition coefficient (Wildman–Crippen LogP) is 4.53. The molecule has 0 atom stereocenters. The molecule has 136 valence electrons. The van der Waals surface area contributed by atoms with E-state index in [1.165, 1.54) is 18.2 Å². The summed E-state index contributed by atoms with van der Waals surface area (Å²) in [5, 5.41) is 11.1. The summed E-state index contributed by atoms with van der Waals surface area (Å²) in [6, 6.07) is 22.5. The molecule has 0 saturated carbocycles. The van der Waals surface area contributed by atoms with Crippen LogP contribution in [0.1, 0.15) is 21.5 Å². The number of nitro benzene ring substituents is 1. The van der Waals surface area contributed by atoms with Crippen LogP contribution in [0.2, 0.25) is 0 Å². The van der Waals surface area contributed by atoms with Crippen LogP contribution in [0.5, 0.6) is 5.75 Å². The SMILES string of the molecule is O=[13C](OCc1ccccc1)[13c]1c[13c]([N+](=O)[O-])[13cH][13cH][13c]1OCc1ccccc1. The molecule has 0 aliphatic rings. The van der Waals surface area contributed by atoms with Crippen molar-refractivity contribution < 1.29 is 19.2 Å². The van der Waals surface area contributed by atoms with Gasteiger partial charge >= 0.3 is 5.97 Å². The fourth-order valence-corrected chi connectivity index (χ4v) is 2.45. The van der Waals surface area contributed by atoms with E-state index in [0.717, 1.165) is 11.1 Å². The van der Waals surface area contributed by atoms with E-state index in [9.17, 15) is 14.9 Å².